The molecule has 0 spiro atoms. The molecule has 0 atom stereocenters. The van der Waals surface area contributed by atoms with Gasteiger partial charge in [0.15, 0.2) is 0 Å². The highest BCUT2D eigenvalue weighted by atomic mass is 79.9. The van der Waals surface area contributed by atoms with Gasteiger partial charge in [0, 0.05) is 4.47 Å². The largest absolute Gasteiger partial charge is 0.506 e. The molecule has 0 saturated heterocycles. The van der Waals surface area contributed by atoms with Gasteiger partial charge in [0.1, 0.15) is 16.6 Å². The molecule has 2 aromatic rings. The zero-order valence-electron chi connectivity index (χ0n) is 12.6. The van der Waals surface area contributed by atoms with Crippen molar-refractivity contribution in [3.63, 3.8) is 0 Å². The van der Waals surface area contributed by atoms with Crippen LogP contribution in [0.25, 0.3) is 0 Å². The first-order chi connectivity index (χ1) is 11.8. The molecule has 0 aliphatic heterocycles. The molecule has 7 nitrogen and oxygen atoms in total. The molecule has 25 heavy (non-hydrogen) atoms. The van der Waals surface area contributed by atoms with E-state index in [1.165, 1.54) is 12.1 Å². The van der Waals surface area contributed by atoms with Crippen LogP contribution in [0.4, 0.5) is 11.4 Å². The van der Waals surface area contributed by atoms with Gasteiger partial charge in [-0.3, -0.25) is 0 Å². The summed E-state index contributed by atoms with van der Waals surface area (Å²) in [5.74, 6) is -0.856. The summed E-state index contributed by atoms with van der Waals surface area (Å²) in [6.45, 7) is 0. The highest BCUT2D eigenvalue weighted by molar-refractivity contribution is 9.10. The number of nitrogens with two attached hydrogens (primary N) is 1. The van der Waals surface area contributed by atoms with E-state index >= 15 is 0 Å². The number of phenols is 1. The van der Waals surface area contributed by atoms with Crippen LogP contribution < -0.4 is 10.0 Å². The number of hydrogen-bond donors (Lipinski definition) is 2. The van der Waals surface area contributed by atoms with E-state index in [-0.39, 0.29) is 11.3 Å². The number of nitriles is 1. The molecule has 0 amide bonds. The van der Waals surface area contributed by atoms with Crippen LogP contribution in [0.5, 0.6) is 5.75 Å². The third-order valence-electron chi connectivity index (χ3n) is 3.03. The quantitative estimate of drug-likeness (QED) is 0.427. The Morgan fingerprint density at radius 3 is 2.60 bits per heavy atom. The number of alkyl halides is 1. The van der Waals surface area contributed by atoms with E-state index in [4.69, 9.17) is 22.6 Å². The Kier molecular flexibility index (Phi) is 5.89. The van der Waals surface area contributed by atoms with E-state index in [9.17, 15) is 13.5 Å². The van der Waals surface area contributed by atoms with Crippen molar-refractivity contribution in [2.75, 3.05) is 9.52 Å². The molecule has 0 heterocycles. The lowest BCUT2D eigenvalue weighted by molar-refractivity contribution is 0.476. The van der Waals surface area contributed by atoms with Crippen LogP contribution in [-0.2, 0) is 10.0 Å². The van der Waals surface area contributed by atoms with Gasteiger partial charge in [-0.05, 0) is 46.3 Å². The molecule has 3 N–H and O–H groups in total. The average Bonchev–Trinajstić information content (AvgIpc) is 2.58. The van der Waals surface area contributed by atoms with Crippen molar-refractivity contribution in [1.82, 2.24) is 0 Å². The number of anilines is 1. The topological polar surface area (TPSA) is 120 Å². The van der Waals surface area contributed by atoms with E-state index in [2.05, 4.69) is 20.9 Å². The van der Waals surface area contributed by atoms with Crippen LogP contribution in [0.1, 0.15) is 5.56 Å². The SMILES string of the molecule is N#Cc1ccc(N(C(N)=Nc2ccccc2Br)S(=O)(=O)CCl)c(O)c1. The van der Waals surface area contributed by atoms with Gasteiger partial charge in [-0.25, -0.2) is 17.7 Å². The van der Waals surface area contributed by atoms with Crippen LogP contribution in [0.15, 0.2) is 51.9 Å². The Balaban J connectivity index is 2.63. The zero-order chi connectivity index (χ0) is 18.6. The number of sulfonamides is 1. The number of aromatic hydroxyl groups is 1. The predicted octanol–water partition coefficient (Wildman–Crippen LogP) is 3.01. The summed E-state index contributed by atoms with van der Waals surface area (Å²) < 4.78 is 26.0. The summed E-state index contributed by atoms with van der Waals surface area (Å²) in [7, 11) is -4.10. The highest BCUT2D eigenvalue weighted by Gasteiger charge is 2.28. The summed E-state index contributed by atoms with van der Waals surface area (Å²) in [6.07, 6.45) is 0. The Bertz CT molecular complexity index is 973. The molecule has 130 valence electrons. The molecule has 2 aromatic carbocycles. The van der Waals surface area contributed by atoms with Gasteiger partial charge < -0.3 is 10.8 Å². The molecule has 0 saturated carbocycles. The number of para-hydroxylation sites is 1. The lowest BCUT2D eigenvalue weighted by Gasteiger charge is -2.23. The molecule has 0 bridgehead atoms. The summed E-state index contributed by atoms with van der Waals surface area (Å²) in [6, 6.07) is 12.4. The predicted molar refractivity (Wildman–Crippen MR) is 100 cm³/mol. The van der Waals surface area contributed by atoms with Crippen LogP contribution >= 0.6 is 27.5 Å². The van der Waals surface area contributed by atoms with Crippen molar-refractivity contribution in [3.05, 3.63) is 52.5 Å². The number of benzene rings is 2. The lowest BCUT2D eigenvalue weighted by Crippen LogP contribution is -2.42. The summed E-state index contributed by atoms with van der Waals surface area (Å²) >= 11 is 8.83. The van der Waals surface area contributed by atoms with E-state index in [1.54, 1.807) is 24.3 Å². The van der Waals surface area contributed by atoms with Crippen molar-refractivity contribution in [2.24, 2.45) is 10.7 Å². The average molecular weight is 444 g/mol. The van der Waals surface area contributed by atoms with E-state index in [0.29, 0.717) is 14.5 Å². The van der Waals surface area contributed by atoms with Gasteiger partial charge in [-0.2, -0.15) is 5.26 Å². The van der Waals surface area contributed by atoms with Crippen molar-refractivity contribution >= 4 is 54.9 Å². The fourth-order valence-corrected chi connectivity index (χ4v) is 3.48. The van der Waals surface area contributed by atoms with Crippen LogP contribution in [0.3, 0.4) is 0 Å². The number of rotatable bonds is 4. The van der Waals surface area contributed by atoms with E-state index < -0.39 is 26.9 Å². The zero-order valence-corrected chi connectivity index (χ0v) is 15.8. The minimum atomic E-state index is -4.10. The Morgan fingerprint density at radius 2 is 2.04 bits per heavy atom. The second-order valence-corrected chi connectivity index (χ2v) is 7.98. The van der Waals surface area contributed by atoms with Gasteiger partial charge in [0.2, 0.25) is 5.96 Å². The van der Waals surface area contributed by atoms with E-state index in [0.717, 1.165) is 6.07 Å². The summed E-state index contributed by atoms with van der Waals surface area (Å²) in [5.41, 5.74) is 6.28. The number of hydrogen-bond acceptors (Lipinski definition) is 5. The molecule has 0 unspecified atom stereocenters. The third kappa shape index (κ3) is 4.22. The van der Waals surface area contributed by atoms with E-state index in [1.807, 2.05) is 6.07 Å². The van der Waals surface area contributed by atoms with Crippen molar-refractivity contribution < 1.29 is 13.5 Å². The molecule has 10 heteroatoms. The monoisotopic (exact) mass is 442 g/mol. The maximum Gasteiger partial charge on any atom is 0.256 e. The maximum atomic E-state index is 12.4. The van der Waals surface area contributed by atoms with Crippen molar-refractivity contribution in [1.29, 1.82) is 5.26 Å². The highest BCUT2D eigenvalue weighted by Crippen LogP contribution is 2.32. The second kappa shape index (κ2) is 7.74. The Labute approximate surface area is 158 Å². The van der Waals surface area contributed by atoms with Gasteiger partial charge in [0.25, 0.3) is 10.0 Å². The molecule has 0 radical (unpaired) electrons. The van der Waals surface area contributed by atoms with Gasteiger partial charge in [-0.15, -0.1) is 11.6 Å². The Morgan fingerprint density at radius 1 is 1.36 bits per heavy atom. The summed E-state index contributed by atoms with van der Waals surface area (Å²) in [4.78, 5) is 4.09. The minimum absolute atomic E-state index is 0.158. The lowest BCUT2D eigenvalue weighted by atomic mass is 10.2. The third-order valence-corrected chi connectivity index (χ3v) is 5.75. The van der Waals surface area contributed by atoms with Crippen molar-refractivity contribution in [3.8, 4) is 11.8 Å². The minimum Gasteiger partial charge on any atom is -0.506 e. The molecular formula is C15H12BrClN4O3S. The fourth-order valence-electron chi connectivity index (χ4n) is 1.94. The number of guanidine groups is 1. The van der Waals surface area contributed by atoms with Crippen LogP contribution in [0.2, 0.25) is 0 Å². The molecule has 2 rings (SSSR count). The number of aliphatic imine (C=N–C) groups is 1. The van der Waals surface area contributed by atoms with Crippen molar-refractivity contribution in [2.45, 2.75) is 0 Å². The van der Waals surface area contributed by atoms with Gasteiger partial charge in [-0.1, -0.05) is 12.1 Å². The molecule has 0 aromatic heterocycles. The van der Waals surface area contributed by atoms with Gasteiger partial charge >= 0.3 is 0 Å². The number of nitrogens with zero attached hydrogens (tertiary/aromatic N) is 3. The molecule has 0 aliphatic rings. The first-order valence-corrected chi connectivity index (χ1v) is 9.64. The maximum absolute atomic E-state index is 12.4. The van der Waals surface area contributed by atoms with Crippen LogP contribution in [-0.4, -0.2) is 24.7 Å². The molecular weight excluding hydrogens is 432 g/mol. The number of phenolic OH excluding ortho intramolecular Hbond substituents is 1. The van der Waals surface area contributed by atoms with Crippen LogP contribution in [0, 0.1) is 11.3 Å². The fraction of sp³-hybridized carbons (Fsp3) is 0.0667. The molecule has 0 fully saturated rings. The smallest absolute Gasteiger partial charge is 0.256 e. The Hall–Kier alpha value is -2.28. The normalized spacial score (nSPS) is 11.8. The summed E-state index contributed by atoms with van der Waals surface area (Å²) in [5, 5.41) is 18.2. The van der Waals surface area contributed by atoms with Gasteiger partial charge in [0.05, 0.1) is 17.3 Å². The first-order valence-electron chi connectivity index (χ1n) is 6.71. The first kappa shape index (κ1) is 19.1. The second-order valence-electron chi connectivity index (χ2n) is 4.72. The number of halogens is 2. The molecule has 0 aliphatic carbocycles. The standard InChI is InChI=1S/C15H12BrClN4O3S/c16-11-3-1-2-4-12(11)20-15(19)21(25(23,24)9-17)13-6-5-10(8-18)7-14(13)22/h1-7,22H,9H2,(H2,19,20).